The van der Waals surface area contributed by atoms with Gasteiger partial charge in [-0.25, -0.2) is 0 Å². The largest absolute Gasteiger partial charge is 0.456 e. The molecule has 0 aliphatic carbocycles. The highest BCUT2D eigenvalue weighted by atomic mass is 16.7. The van der Waals surface area contributed by atoms with Gasteiger partial charge in [-0.2, -0.15) is 0 Å². The number of hydrogen-bond donors (Lipinski definition) is 6. The maximum atomic E-state index is 10.2. The van der Waals surface area contributed by atoms with Crippen LogP contribution < -0.4 is 0 Å². The van der Waals surface area contributed by atoms with Gasteiger partial charge in [0.15, 0.2) is 24.1 Å². The monoisotopic (exact) mass is 485 g/mol. The number of rotatable bonds is 8. The average Bonchev–Trinajstić information content (AvgIpc) is 3.54. The number of furan rings is 2. The van der Waals surface area contributed by atoms with Gasteiger partial charge < -0.3 is 48.9 Å². The zero-order valence-corrected chi connectivity index (χ0v) is 18.8. The average molecular weight is 485 g/mol. The van der Waals surface area contributed by atoms with Crippen LogP contribution in [0.15, 0.2) is 33.1 Å². The maximum Gasteiger partial charge on any atom is 0.219 e. The van der Waals surface area contributed by atoms with Gasteiger partial charge in [-0.05, 0) is 38.1 Å². The lowest BCUT2D eigenvalue weighted by molar-refractivity contribution is -0.248. The first-order chi connectivity index (χ1) is 15.6. The lowest BCUT2D eigenvalue weighted by atomic mass is 10.1. The van der Waals surface area contributed by atoms with Gasteiger partial charge in [-0.1, -0.05) is 0 Å². The van der Waals surface area contributed by atoms with Gasteiger partial charge in [0.1, 0.15) is 43.0 Å². The van der Waals surface area contributed by atoms with Crippen molar-refractivity contribution in [2.24, 2.45) is 0 Å². The molecule has 3 rings (SSSR count). The second kappa shape index (κ2) is 15.5. The molecule has 6 N–H and O–H groups in total. The summed E-state index contributed by atoms with van der Waals surface area (Å²) in [5, 5.41) is 53.1. The van der Waals surface area contributed by atoms with Gasteiger partial charge in [0, 0.05) is 8.41 Å². The standard InChI is InChI=1S/C9H12O3.C6H12O6.C6H6O3.B/c1-7(2)11-6-9-4-3-8(5-10)12-9;7-1-3-4(9)5(10)6(11,2-8)12-3;7-3-5-1-2-6(4-8)9-5;/h3-5,7H,6H2,1-2H3;3-5,7-11H,1-2H2;1-3,8H,4H2;/t;3-,4-,5+,6?;;/m.1../s1. The second-order valence-corrected chi connectivity index (χ2v) is 7.14. The van der Waals surface area contributed by atoms with Gasteiger partial charge >= 0.3 is 0 Å². The van der Waals surface area contributed by atoms with Gasteiger partial charge in [-0.15, -0.1) is 0 Å². The van der Waals surface area contributed by atoms with E-state index in [4.69, 9.17) is 39.1 Å². The molecule has 3 heterocycles. The molecule has 2 aromatic heterocycles. The highest BCUT2D eigenvalue weighted by molar-refractivity contribution is 5.75. The number of ether oxygens (including phenoxy) is 2. The Kier molecular flexibility index (Phi) is 14.5. The number of aliphatic hydroxyl groups excluding tert-OH is 5. The molecule has 3 radical (unpaired) electrons. The molecule has 13 heteroatoms. The summed E-state index contributed by atoms with van der Waals surface area (Å²) in [6.45, 7) is 2.80. The Morgan fingerprint density at radius 1 is 1.00 bits per heavy atom. The topological polar surface area (TPSA) is 200 Å². The molecule has 1 aliphatic rings. The summed E-state index contributed by atoms with van der Waals surface area (Å²) in [6, 6.07) is 6.44. The molecular weight excluding hydrogens is 455 g/mol. The Balaban J connectivity index is 0.000000479. The van der Waals surface area contributed by atoms with Crippen molar-refractivity contribution >= 4 is 21.0 Å². The first-order valence-corrected chi connectivity index (χ1v) is 9.92. The number of aliphatic hydroxyl groups is 6. The van der Waals surface area contributed by atoms with Crippen LogP contribution >= 0.6 is 0 Å². The molecule has 0 aromatic carbocycles. The van der Waals surface area contributed by atoms with Crippen LogP contribution in [0.25, 0.3) is 0 Å². The smallest absolute Gasteiger partial charge is 0.219 e. The van der Waals surface area contributed by atoms with Crippen molar-refractivity contribution in [1.82, 2.24) is 0 Å². The molecule has 12 nitrogen and oxygen atoms in total. The second-order valence-electron chi connectivity index (χ2n) is 7.14. The molecule has 0 spiro atoms. The number of carbonyl (C=O) groups is 2. The van der Waals surface area contributed by atoms with Crippen molar-refractivity contribution in [3.63, 3.8) is 0 Å². The van der Waals surface area contributed by atoms with E-state index >= 15 is 0 Å². The molecular formula is C21H30BO12. The Morgan fingerprint density at radius 2 is 1.53 bits per heavy atom. The van der Waals surface area contributed by atoms with Crippen molar-refractivity contribution in [2.75, 3.05) is 13.2 Å². The highest BCUT2D eigenvalue weighted by Gasteiger charge is 2.52. The third-order valence-electron chi connectivity index (χ3n) is 4.24. The predicted molar refractivity (Wildman–Crippen MR) is 116 cm³/mol. The molecule has 34 heavy (non-hydrogen) atoms. The minimum Gasteiger partial charge on any atom is -0.456 e. The lowest BCUT2D eigenvalue weighted by Crippen LogP contribution is -2.46. The maximum absolute atomic E-state index is 10.2. The van der Waals surface area contributed by atoms with Crippen LogP contribution in [0.4, 0.5) is 0 Å². The third-order valence-corrected chi connectivity index (χ3v) is 4.24. The van der Waals surface area contributed by atoms with Gasteiger partial charge in [0.2, 0.25) is 5.79 Å². The van der Waals surface area contributed by atoms with E-state index in [1.807, 2.05) is 13.8 Å². The van der Waals surface area contributed by atoms with Crippen LogP contribution in [0, 0.1) is 0 Å². The fraction of sp³-hybridized carbons (Fsp3) is 0.524. The third kappa shape index (κ3) is 9.48. The minimum absolute atomic E-state index is 0. The summed E-state index contributed by atoms with van der Waals surface area (Å²) in [6.07, 6.45) is -2.59. The molecule has 189 valence electrons. The molecule has 2 aromatic rings. The van der Waals surface area contributed by atoms with Gasteiger partial charge in [0.25, 0.3) is 0 Å². The van der Waals surface area contributed by atoms with E-state index < -0.39 is 37.3 Å². The SMILES string of the molecule is CC(C)OCc1ccc(C=O)o1.O=Cc1ccc(CO)o1.OC[C@H]1OC(O)(CO)[C@@H](O)[C@@H]1O.[B]. The van der Waals surface area contributed by atoms with Gasteiger partial charge in [0.05, 0.1) is 19.3 Å². The first kappa shape index (κ1) is 31.6. The van der Waals surface area contributed by atoms with E-state index in [1.165, 1.54) is 6.07 Å². The minimum atomic E-state index is -2.16. The normalized spacial score (nSPS) is 23.3. The molecule has 0 saturated carbocycles. The van der Waals surface area contributed by atoms with Crippen LogP contribution in [0.1, 0.15) is 46.5 Å². The fourth-order valence-electron chi connectivity index (χ4n) is 2.47. The van der Waals surface area contributed by atoms with Crippen molar-refractivity contribution < 1.29 is 58.5 Å². The fourth-order valence-corrected chi connectivity index (χ4v) is 2.47. The first-order valence-electron chi connectivity index (χ1n) is 9.92. The van der Waals surface area contributed by atoms with E-state index in [2.05, 4.69) is 4.74 Å². The molecule has 4 atom stereocenters. The van der Waals surface area contributed by atoms with Gasteiger partial charge in [-0.3, -0.25) is 9.59 Å². The quantitative estimate of drug-likeness (QED) is 0.197. The van der Waals surface area contributed by atoms with Crippen LogP contribution in [0.3, 0.4) is 0 Å². The Morgan fingerprint density at radius 3 is 1.85 bits per heavy atom. The molecule has 0 amide bonds. The summed E-state index contributed by atoms with van der Waals surface area (Å²) in [4.78, 5) is 20.2. The van der Waals surface area contributed by atoms with E-state index in [9.17, 15) is 14.7 Å². The Bertz CT molecular complexity index is 835. The van der Waals surface area contributed by atoms with Crippen molar-refractivity contribution in [3.8, 4) is 0 Å². The van der Waals surface area contributed by atoms with Crippen LogP contribution in [0.2, 0.25) is 0 Å². The van der Waals surface area contributed by atoms with Crippen molar-refractivity contribution in [3.05, 3.63) is 47.3 Å². The Labute approximate surface area is 197 Å². The molecule has 1 fully saturated rings. The van der Waals surface area contributed by atoms with Crippen LogP contribution in [-0.4, -0.2) is 95.0 Å². The highest BCUT2D eigenvalue weighted by Crippen LogP contribution is 2.28. The van der Waals surface area contributed by atoms with E-state index in [0.717, 1.165) is 0 Å². The number of carbonyl (C=O) groups excluding carboxylic acids is 2. The molecule has 1 saturated heterocycles. The zero-order chi connectivity index (χ0) is 25.0. The van der Waals surface area contributed by atoms with Crippen molar-refractivity contribution in [2.45, 2.75) is 57.3 Å². The zero-order valence-electron chi connectivity index (χ0n) is 18.8. The summed E-state index contributed by atoms with van der Waals surface area (Å²) in [7, 11) is 0. The van der Waals surface area contributed by atoms with E-state index in [-0.39, 0.29) is 26.9 Å². The summed E-state index contributed by atoms with van der Waals surface area (Å²) in [5.41, 5.74) is 0. The number of aldehydes is 2. The lowest BCUT2D eigenvalue weighted by Gasteiger charge is -2.22. The van der Waals surface area contributed by atoms with Crippen molar-refractivity contribution in [1.29, 1.82) is 0 Å². The van der Waals surface area contributed by atoms with E-state index in [0.29, 0.717) is 36.5 Å². The number of hydrogen-bond acceptors (Lipinski definition) is 12. The predicted octanol–water partition coefficient (Wildman–Crippen LogP) is -0.999. The molecule has 1 unspecified atom stereocenters. The van der Waals surface area contributed by atoms with Crippen LogP contribution in [-0.2, 0) is 22.7 Å². The van der Waals surface area contributed by atoms with E-state index in [1.54, 1.807) is 18.2 Å². The van der Waals surface area contributed by atoms with Crippen LogP contribution in [0.5, 0.6) is 0 Å². The molecule has 0 bridgehead atoms. The summed E-state index contributed by atoms with van der Waals surface area (Å²) >= 11 is 0. The Hall–Kier alpha value is -2.36. The molecule has 1 aliphatic heterocycles. The summed E-state index contributed by atoms with van der Waals surface area (Å²) in [5.74, 6) is -0.466. The summed E-state index contributed by atoms with van der Waals surface area (Å²) < 4.78 is 19.8.